The minimum atomic E-state index is 0.164. The molecular weight excluding hydrogens is 232 g/mol. The third-order valence-electron chi connectivity index (χ3n) is 3.39. The monoisotopic (exact) mass is 262 g/mol. The highest BCUT2D eigenvalue weighted by molar-refractivity contribution is 5.23. The third kappa shape index (κ3) is 6.22. The first-order valence-electron chi connectivity index (χ1n) is 7.25. The molecule has 0 saturated heterocycles. The SMILES string of the molecule is CC(CNC(C)(C)C)NCC(C)(C)c1ccccc1. The van der Waals surface area contributed by atoms with Gasteiger partial charge in [-0.05, 0) is 33.3 Å². The summed E-state index contributed by atoms with van der Waals surface area (Å²) in [6.45, 7) is 15.4. The smallest absolute Gasteiger partial charge is 0.0164 e. The lowest BCUT2D eigenvalue weighted by molar-refractivity contribution is 0.367. The van der Waals surface area contributed by atoms with E-state index in [1.165, 1.54) is 5.56 Å². The van der Waals surface area contributed by atoms with Crippen LogP contribution >= 0.6 is 0 Å². The molecule has 19 heavy (non-hydrogen) atoms. The van der Waals surface area contributed by atoms with E-state index in [1.54, 1.807) is 0 Å². The van der Waals surface area contributed by atoms with Gasteiger partial charge in [0, 0.05) is 30.1 Å². The van der Waals surface area contributed by atoms with Gasteiger partial charge in [0.1, 0.15) is 0 Å². The summed E-state index contributed by atoms with van der Waals surface area (Å²) in [5, 5.41) is 7.17. The van der Waals surface area contributed by atoms with Crippen LogP contribution in [-0.4, -0.2) is 24.7 Å². The molecule has 0 fully saturated rings. The molecule has 0 aliphatic heterocycles. The van der Waals surface area contributed by atoms with Crippen molar-refractivity contribution in [2.24, 2.45) is 0 Å². The normalized spacial score (nSPS) is 14.4. The van der Waals surface area contributed by atoms with Gasteiger partial charge in [-0.1, -0.05) is 44.2 Å². The second-order valence-corrected chi connectivity index (χ2v) is 7.16. The number of hydrogen-bond donors (Lipinski definition) is 2. The zero-order valence-corrected chi connectivity index (χ0v) is 13.4. The Kier molecular flexibility index (Phi) is 5.57. The maximum absolute atomic E-state index is 3.63. The molecule has 1 rings (SSSR count). The van der Waals surface area contributed by atoms with Gasteiger partial charge < -0.3 is 10.6 Å². The van der Waals surface area contributed by atoms with Gasteiger partial charge in [-0.3, -0.25) is 0 Å². The molecule has 0 bridgehead atoms. The molecule has 1 aromatic rings. The van der Waals surface area contributed by atoms with Gasteiger partial charge >= 0.3 is 0 Å². The highest BCUT2D eigenvalue weighted by Crippen LogP contribution is 2.21. The van der Waals surface area contributed by atoms with Gasteiger partial charge in [0.2, 0.25) is 0 Å². The summed E-state index contributed by atoms with van der Waals surface area (Å²) in [5.41, 5.74) is 1.74. The average molecular weight is 262 g/mol. The average Bonchev–Trinajstić information content (AvgIpc) is 2.34. The van der Waals surface area contributed by atoms with Crippen molar-refractivity contribution in [1.29, 1.82) is 0 Å². The van der Waals surface area contributed by atoms with E-state index >= 15 is 0 Å². The van der Waals surface area contributed by atoms with Crippen molar-refractivity contribution >= 4 is 0 Å². The lowest BCUT2D eigenvalue weighted by Crippen LogP contribution is -2.47. The van der Waals surface area contributed by atoms with Crippen LogP contribution in [0.2, 0.25) is 0 Å². The second-order valence-electron chi connectivity index (χ2n) is 7.16. The highest BCUT2D eigenvalue weighted by atomic mass is 15.0. The van der Waals surface area contributed by atoms with Crippen LogP contribution in [0.15, 0.2) is 30.3 Å². The molecule has 2 heteroatoms. The Bertz CT molecular complexity index is 363. The van der Waals surface area contributed by atoms with Crippen molar-refractivity contribution in [3.63, 3.8) is 0 Å². The van der Waals surface area contributed by atoms with E-state index < -0.39 is 0 Å². The Morgan fingerprint density at radius 1 is 1.00 bits per heavy atom. The summed E-state index contributed by atoms with van der Waals surface area (Å²) in [6.07, 6.45) is 0. The first kappa shape index (κ1) is 16.2. The van der Waals surface area contributed by atoms with Crippen LogP contribution in [0.1, 0.15) is 47.1 Å². The molecule has 0 saturated carbocycles. The highest BCUT2D eigenvalue weighted by Gasteiger charge is 2.21. The van der Waals surface area contributed by atoms with E-state index in [0.29, 0.717) is 6.04 Å². The fourth-order valence-corrected chi connectivity index (χ4v) is 1.95. The fourth-order valence-electron chi connectivity index (χ4n) is 1.95. The fraction of sp³-hybridized carbons (Fsp3) is 0.647. The molecule has 0 heterocycles. The van der Waals surface area contributed by atoms with Crippen molar-refractivity contribution in [3.8, 4) is 0 Å². The lowest BCUT2D eigenvalue weighted by Gasteiger charge is -2.29. The predicted octanol–water partition coefficient (Wildman–Crippen LogP) is 3.33. The molecule has 1 atom stereocenters. The summed E-state index contributed by atoms with van der Waals surface area (Å²) in [6, 6.07) is 11.2. The molecule has 1 unspecified atom stereocenters. The van der Waals surface area contributed by atoms with E-state index in [1.807, 2.05) is 0 Å². The number of benzene rings is 1. The quantitative estimate of drug-likeness (QED) is 0.821. The standard InChI is InChI=1S/C17H30N2/c1-14(12-19-16(2,3)4)18-13-17(5,6)15-10-8-7-9-11-15/h7-11,14,18-19H,12-13H2,1-6H3. The topological polar surface area (TPSA) is 24.1 Å². The maximum Gasteiger partial charge on any atom is 0.0164 e. The van der Waals surface area contributed by atoms with Gasteiger partial charge in [0.05, 0.1) is 0 Å². The molecule has 0 aliphatic rings. The minimum Gasteiger partial charge on any atom is -0.312 e. The molecule has 1 aromatic carbocycles. The summed E-state index contributed by atoms with van der Waals surface area (Å²) in [4.78, 5) is 0. The number of nitrogens with one attached hydrogen (secondary N) is 2. The minimum absolute atomic E-state index is 0.164. The number of hydrogen-bond acceptors (Lipinski definition) is 2. The van der Waals surface area contributed by atoms with Crippen LogP contribution in [0.25, 0.3) is 0 Å². The Morgan fingerprint density at radius 2 is 1.58 bits per heavy atom. The molecule has 2 nitrogen and oxygen atoms in total. The Hall–Kier alpha value is -0.860. The van der Waals surface area contributed by atoms with E-state index in [4.69, 9.17) is 0 Å². The van der Waals surface area contributed by atoms with Crippen LogP contribution in [0.3, 0.4) is 0 Å². The molecular formula is C17H30N2. The Morgan fingerprint density at radius 3 is 2.11 bits per heavy atom. The second kappa shape index (κ2) is 6.53. The van der Waals surface area contributed by atoms with E-state index in [2.05, 4.69) is 82.5 Å². The summed E-state index contributed by atoms with van der Waals surface area (Å²) < 4.78 is 0. The predicted molar refractivity (Wildman–Crippen MR) is 84.7 cm³/mol. The summed E-state index contributed by atoms with van der Waals surface area (Å²) in [5.74, 6) is 0. The first-order valence-corrected chi connectivity index (χ1v) is 7.25. The van der Waals surface area contributed by atoms with Crippen LogP contribution in [0.5, 0.6) is 0 Å². The Labute approximate surface area is 119 Å². The molecule has 0 spiro atoms. The molecule has 0 aromatic heterocycles. The lowest BCUT2D eigenvalue weighted by atomic mass is 9.84. The summed E-state index contributed by atoms with van der Waals surface area (Å²) >= 11 is 0. The largest absolute Gasteiger partial charge is 0.312 e. The zero-order chi connectivity index (χ0) is 14.5. The van der Waals surface area contributed by atoms with Gasteiger partial charge in [0.15, 0.2) is 0 Å². The van der Waals surface area contributed by atoms with Crippen molar-refractivity contribution in [1.82, 2.24) is 10.6 Å². The Balaban J connectivity index is 2.43. The van der Waals surface area contributed by atoms with Gasteiger partial charge in [0.25, 0.3) is 0 Å². The zero-order valence-electron chi connectivity index (χ0n) is 13.4. The number of rotatable bonds is 6. The molecule has 0 radical (unpaired) electrons. The van der Waals surface area contributed by atoms with Crippen molar-refractivity contribution in [2.75, 3.05) is 13.1 Å². The van der Waals surface area contributed by atoms with Crippen molar-refractivity contribution < 1.29 is 0 Å². The van der Waals surface area contributed by atoms with Gasteiger partial charge in [-0.25, -0.2) is 0 Å². The summed E-state index contributed by atoms with van der Waals surface area (Å²) in [7, 11) is 0. The van der Waals surface area contributed by atoms with Gasteiger partial charge in [-0.15, -0.1) is 0 Å². The van der Waals surface area contributed by atoms with Gasteiger partial charge in [-0.2, -0.15) is 0 Å². The van der Waals surface area contributed by atoms with E-state index in [0.717, 1.165) is 13.1 Å². The van der Waals surface area contributed by atoms with Crippen LogP contribution in [0, 0.1) is 0 Å². The van der Waals surface area contributed by atoms with Crippen LogP contribution < -0.4 is 10.6 Å². The van der Waals surface area contributed by atoms with Crippen LogP contribution in [-0.2, 0) is 5.41 Å². The van der Waals surface area contributed by atoms with Crippen molar-refractivity contribution in [2.45, 2.75) is 58.5 Å². The molecule has 108 valence electrons. The van der Waals surface area contributed by atoms with Crippen LogP contribution in [0.4, 0.5) is 0 Å². The van der Waals surface area contributed by atoms with Crippen molar-refractivity contribution in [3.05, 3.63) is 35.9 Å². The molecule has 2 N–H and O–H groups in total. The molecule has 0 aliphatic carbocycles. The maximum atomic E-state index is 3.63. The molecule has 0 amide bonds. The van der Waals surface area contributed by atoms with E-state index in [-0.39, 0.29) is 11.0 Å². The third-order valence-corrected chi connectivity index (χ3v) is 3.39. The van der Waals surface area contributed by atoms with E-state index in [9.17, 15) is 0 Å². The first-order chi connectivity index (χ1) is 8.71.